The Kier molecular flexibility index (Phi) is 8.72. The topological polar surface area (TPSA) is 97.7 Å². The van der Waals surface area contributed by atoms with Crippen molar-refractivity contribution in [1.82, 2.24) is 9.47 Å². The van der Waals surface area contributed by atoms with E-state index in [-0.39, 0.29) is 27.8 Å². The largest absolute Gasteiger partial charge is 0.462 e. The summed E-state index contributed by atoms with van der Waals surface area (Å²) in [6.45, 7) is 3.83. The van der Waals surface area contributed by atoms with E-state index in [0.717, 1.165) is 44.4 Å². The second kappa shape index (κ2) is 12.4. The number of thioether (sulfide) groups is 1. The summed E-state index contributed by atoms with van der Waals surface area (Å²) in [5.41, 5.74) is 3.99. The smallest absolute Gasteiger partial charge is 0.339 e. The van der Waals surface area contributed by atoms with Crippen LogP contribution in [-0.2, 0) is 20.9 Å². The molecule has 2 heterocycles. The summed E-state index contributed by atoms with van der Waals surface area (Å²) in [5.74, 6) is -1.80. The Morgan fingerprint density at radius 3 is 2.50 bits per heavy atom. The van der Waals surface area contributed by atoms with E-state index in [2.05, 4.69) is 9.88 Å². The van der Waals surface area contributed by atoms with Gasteiger partial charge >= 0.3 is 5.97 Å². The van der Waals surface area contributed by atoms with Crippen LogP contribution >= 0.6 is 35.0 Å². The van der Waals surface area contributed by atoms with Crippen LogP contribution in [0, 0.1) is 6.92 Å². The fraction of sp³-hybridized carbons (Fsp3) is 0.161. The molecule has 1 saturated heterocycles. The Morgan fingerprint density at radius 2 is 1.74 bits per heavy atom. The maximum absolute atomic E-state index is 13.3. The number of para-hydroxylation sites is 1. The van der Waals surface area contributed by atoms with Crippen molar-refractivity contribution in [3.8, 4) is 0 Å². The maximum Gasteiger partial charge on any atom is 0.339 e. The molecule has 0 spiro atoms. The Bertz CT molecular complexity index is 1780. The number of benzene rings is 3. The molecular weight excluding hydrogens is 597 g/mol. The number of aromatic nitrogens is 1. The van der Waals surface area contributed by atoms with Crippen LogP contribution in [0.25, 0.3) is 17.0 Å². The first kappa shape index (κ1) is 29.4. The third-order valence-electron chi connectivity index (χ3n) is 6.76. The Morgan fingerprint density at radius 1 is 1.00 bits per heavy atom. The van der Waals surface area contributed by atoms with Gasteiger partial charge in [-0.15, -0.1) is 0 Å². The number of amides is 3. The van der Waals surface area contributed by atoms with E-state index < -0.39 is 29.6 Å². The Balaban J connectivity index is 1.37. The standard InChI is InChI=1S/C31H25Cl2N3O5S/c1-3-41-30(39)23-14-20(12-13-25(23)33)34-28(37)17-36-29(38)27(42-31(36)40)15-22-18(2)35(26-11-7-5-9-21(22)26)16-19-8-4-6-10-24(19)32/h4-15H,3,16-17H2,1-2H3,(H,34,37)/b27-15-. The van der Waals surface area contributed by atoms with E-state index in [1.807, 2.05) is 55.5 Å². The van der Waals surface area contributed by atoms with Crippen LogP contribution in [0.2, 0.25) is 10.0 Å². The van der Waals surface area contributed by atoms with Crippen molar-refractivity contribution in [3.05, 3.63) is 104 Å². The van der Waals surface area contributed by atoms with Gasteiger partial charge in [-0.1, -0.05) is 59.6 Å². The normalized spacial score (nSPS) is 14.2. The van der Waals surface area contributed by atoms with Crippen LogP contribution in [0.1, 0.15) is 34.1 Å². The zero-order valence-electron chi connectivity index (χ0n) is 22.6. The number of anilines is 1. The second-order valence-corrected chi connectivity index (χ2v) is 11.2. The number of ether oxygens (including phenoxy) is 1. The average molecular weight is 623 g/mol. The maximum atomic E-state index is 13.3. The number of rotatable bonds is 8. The van der Waals surface area contributed by atoms with Gasteiger partial charge in [0.25, 0.3) is 11.1 Å². The van der Waals surface area contributed by atoms with Gasteiger partial charge in [0, 0.05) is 39.4 Å². The monoisotopic (exact) mass is 621 g/mol. The molecule has 0 bridgehead atoms. The number of hydrogen-bond donors (Lipinski definition) is 1. The molecule has 0 saturated carbocycles. The van der Waals surface area contributed by atoms with Crippen molar-refractivity contribution in [2.45, 2.75) is 20.4 Å². The lowest BCUT2D eigenvalue weighted by molar-refractivity contribution is -0.127. The van der Waals surface area contributed by atoms with E-state index in [0.29, 0.717) is 11.6 Å². The first-order valence-corrected chi connectivity index (χ1v) is 14.6. The molecule has 0 atom stereocenters. The number of nitrogens with zero attached hydrogens (tertiary/aromatic N) is 2. The molecule has 1 aliphatic rings. The van der Waals surface area contributed by atoms with Crippen molar-refractivity contribution in [1.29, 1.82) is 0 Å². The van der Waals surface area contributed by atoms with Crippen LogP contribution in [0.3, 0.4) is 0 Å². The number of hydrogen-bond acceptors (Lipinski definition) is 6. The highest BCUT2D eigenvalue weighted by Crippen LogP contribution is 2.36. The van der Waals surface area contributed by atoms with Crippen molar-refractivity contribution in [2.75, 3.05) is 18.5 Å². The van der Waals surface area contributed by atoms with Crippen LogP contribution in [0.4, 0.5) is 10.5 Å². The van der Waals surface area contributed by atoms with E-state index in [1.54, 1.807) is 13.0 Å². The molecule has 1 aliphatic heterocycles. The van der Waals surface area contributed by atoms with Gasteiger partial charge in [-0.05, 0) is 67.6 Å². The highest BCUT2D eigenvalue weighted by molar-refractivity contribution is 8.18. The molecule has 0 unspecified atom stereocenters. The predicted molar refractivity (Wildman–Crippen MR) is 166 cm³/mol. The van der Waals surface area contributed by atoms with Crippen molar-refractivity contribution < 1.29 is 23.9 Å². The molecule has 1 aromatic heterocycles. The second-order valence-electron chi connectivity index (χ2n) is 9.42. The number of esters is 1. The summed E-state index contributed by atoms with van der Waals surface area (Å²) in [7, 11) is 0. The SMILES string of the molecule is CCOC(=O)c1cc(NC(=O)CN2C(=O)S/C(=C\c3c(C)n(Cc4ccccc4Cl)c4ccccc34)C2=O)ccc1Cl. The Hall–Kier alpha value is -4.05. The summed E-state index contributed by atoms with van der Waals surface area (Å²) in [6, 6.07) is 19.8. The summed E-state index contributed by atoms with van der Waals surface area (Å²) in [5, 5.41) is 3.81. The van der Waals surface area contributed by atoms with Gasteiger partial charge in [-0.3, -0.25) is 19.3 Å². The summed E-state index contributed by atoms with van der Waals surface area (Å²) < 4.78 is 7.11. The summed E-state index contributed by atoms with van der Waals surface area (Å²) in [4.78, 5) is 52.2. The number of fused-ring (bicyclic) bond motifs is 1. The zero-order valence-corrected chi connectivity index (χ0v) is 25.0. The molecule has 4 aromatic rings. The molecule has 11 heteroatoms. The molecule has 3 aromatic carbocycles. The zero-order chi connectivity index (χ0) is 30.0. The summed E-state index contributed by atoms with van der Waals surface area (Å²) >= 11 is 13.3. The average Bonchev–Trinajstić information content (AvgIpc) is 3.38. The highest BCUT2D eigenvalue weighted by Gasteiger charge is 2.36. The van der Waals surface area contributed by atoms with Gasteiger partial charge in [-0.25, -0.2) is 4.79 Å². The molecule has 5 rings (SSSR count). The molecule has 0 radical (unpaired) electrons. The lowest BCUT2D eigenvalue weighted by Crippen LogP contribution is -2.36. The van der Waals surface area contributed by atoms with Gasteiger partial charge in [0.1, 0.15) is 6.54 Å². The Labute approximate surface area is 256 Å². The minimum atomic E-state index is -0.627. The molecule has 1 fully saturated rings. The van der Waals surface area contributed by atoms with Gasteiger partial charge < -0.3 is 14.6 Å². The molecule has 42 heavy (non-hydrogen) atoms. The first-order chi connectivity index (χ1) is 20.2. The fourth-order valence-electron chi connectivity index (χ4n) is 4.72. The molecule has 3 amide bonds. The number of halogens is 2. The van der Waals surface area contributed by atoms with Crippen LogP contribution < -0.4 is 5.32 Å². The molecule has 8 nitrogen and oxygen atoms in total. The van der Waals surface area contributed by atoms with Crippen LogP contribution in [0.5, 0.6) is 0 Å². The van der Waals surface area contributed by atoms with Crippen LogP contribution in [-0.4, -0.2) is 45.6 Å². The van der Waals surface area contributed by atoms with E-state index in [9.17, 15) is 19.2 Å². The predicted octanol–water partition coefficient (Wildman–Crippen LogP) is 7.16. The van der Waals surface area contributed by atoms with Gasteiger partial charge in [-0.2, -0.15) is 0 Å². The minimum Gasteiger partial charge on any atom is -0.462 e. The number of carbonyl (C=O) groups excluding carboxylic acids is 4. The van der Waals surface area contributed by atoms with E-state index in [4.69, 9.17) is 27.9 Å². The molecule has 1 N–H and O–H groups in total. The van der Waals surface area contributed by atoms with Gasteiger partial charge in [0.15, 0.2) is 0 Å². The lowest BCUT2D eigenvalue weighted by Gasteiger charge is -2.13. The highest BCUT2D eigenvalue weighted by atomic mass is 35.5. The minimum absolute atomic E-state index is 0.0921. The lowest BCUT2D eigenvalue weighted by atomic mass is 10.1. The summed E-state index contributed by atoms with van der Waals surface area (Å²) in [6.07, 6.45) is 1.70. The van der Waals surface area contributed by atoms with Crippen molar-refractivity contribution in [2.24, 2.45) is 0 Å². The third kappa shape index (κ3) is 5.94. The molecule has 214 valence electrons. The molecular formula is C31H25Cl2N3O5S. The van der Waals surface area contributed by atoms with Crippen molar-refractivity contribution >= 4 is 80.7 Å². The van der Waals surface area contributed by atoms with Gasteiger partial charge in [0.05, 0.1) is 22.1 Å². The quantitative estimate of drug-likeness (QED) is 0.166. The number of nitrogens with one attached hydrogen (secondary N) is 1. The molecule has 0 aliphatic carbocycles. The van der Waals surface area contributed by atoms with Gasteiger partial charge in [0.2, 0.25) is 5.91 Å². The fourth-order valence-corrected chi connectivity index (χ4v) is 5.93. The van der Waals surface area contributed by atoms with E-state index >= 15 is 0 Å². The number of imide groups is 1. The first-order valence-electron chi connectivity index (χ1n) is 13.0. The van der Waals surface area contributed by atoms with E-state index in [1.165, 1.54) is 18.2 Å². The number of carbonyl (C=O) groups is 4. The van der Waals surface area contributed by atoms with Crippen LogP contribution in [0.15, 0.2) is 71.6 Å². The third-order valence-corrected chi connectivity index (χ3v) is 8.37. The van der Waals surface area contributed by atoms with Crippen molar-refractivity contribution in [3.63, 3.8) is 0 Å².